The number of benzene rings is 3. The SMILES string of the molecule is CC(Oc1ccc2ccccc2c1)C(=O)NNC(=O)C(C)Sc1ccccc1. The number of ether oxygens (including phenoxy) is 1. The van der Waals surface area contributed by atoms with Gasteiger partial charge in [-0.3, -0.25) is 20.4 Å². The number of carbonyl (C=O) groups excluding carboxylic acids is 2. The zero-order valence-electron chi connectivity index (χ0n) is 15.7. The minimum atomic E-state index is -0.751. The van der Waals surface area contributed by atoms with Crippen molar-refractivity contribution in [3.63, 3.8) is 0 Å². The number of hydrazine groups is 1. The molecule has 3 aromatic rings. The van der Waals surface area contributed by atoms with Crippen molar-refractivity contribution in [3.05, 3.63) is 72.8 Å². The van der Waals surface area contributed by atoms with E-state index in [2.05, 4.69) is 10.9 Å². The molecule has 0 spiro atoms. The van der Waals surface area contributed by atoms with E-state index in [1.165, 1.54) is 11.8 Å². The van der Waals surface area contributed by atoms with Gasteiger partial charge in [0.2, 0.25) is 0 Å². The van der Waals surface area contributed by atoms with Crippen molar-refractivity contribution in [2.75, 3.05) is 0 Å². The lowest BCUT2D eigenvalue weighted by Crippen LogP contribution is -2.49. The van der Waals surface area contributed by atoms with Gasteiger partial charge in [-0.25, -0.2) is 0 Å². The number of thioether (sulfide) groups is 1. The molecule has 0 saturated heterocycles. The molecule has 2 atom stereocenters. The monoisotopic (exact) mass is 394 g/mol. The van der Waals surface area contributed by atoms with E-state index in [0.717, 1.165) is 15.7 Å². The summed E-state index contributed by atoms with van der Waals surface area (Å²) in [7, 11) is 0. The molecule has 0 radical (unpaired) electrons. The highest BCUT2D eigenvalue weighted by atomic mass is 32.2. The van der Waals surface area contributed by atoms with E-state index in [9.17, 15) is 9.59 Å². The highest BCUT2D eigenvalue weighted by Gasteiger charge is 2.18. The molecule has 2 N–H and O–H groups in total. The van der Waals surface area contributed by atoms with Crippen molar-refractivity contribution in [2.45, 2.75) is 30.1 Å². The van der Waals surface area contributed by atoms with Gasteiger partial charge >= 0.3 is 0 Å². The average Bonchev–Trinajstić information content (AvgIpc) is 2.72. The van der Waals surface area contributed by atoms with Crippen LogP contribution in [0.25, 0.3) is 10.8 Å². The summed E-state index contributed by atoms with van der Waals surface area (Å²) in [5, 5.41) is 1.79. The van der Waals surface area contributed by atoms with E-state index >= 15 is 0 Å². The maximum absolute atomic E-state index is 12.2. The average molecular weight is 394 g/mol. The highest BCUT2D eigenvalue weighted by Crippen LogP contribution is 2.23. The fourth-order valence-corrected chi connectivity index (χ4v) is 3.47. The molecule has 6 heteroatoms. The van der Waals surface area contributed by atoms with Crippen molar-refractivity contribution >= 4 is 34.3 Å². The molecule has 0 heterocycles. The molecule has 28 heavy (non-hydrogen) atoms. The van der Waals surface area contributed by atoms with Crippen molar-refractivity contribution in [2.24, 2.45) is 0 Å². The lowest BCUT2D eigenvalue weighted by molar-refractivity contribution is -0.132. The van der Waals surface area contributed by atoms with Gasteiger partial charge in [-0.15, -0.1) is 11.8 Å². The molecule has 0 aromatic heterocycles. The van der Waals surface area contributed by atoms with Gasteiger partial charge in [-0.05, 0) is 48.9 Å². The molecular weight excluding hydrogens is 372 g/mol. The van der Waals surface area contributed by atoms with Crippen LogP contribution in [0.1, 0.15) is 13.8 Å². The fraction of sp³-hybridized carbons (Fsp3) is 0.182. The molecule has 0 aliphatic carbocycles. The van der Waals surface area contributed by atoms with E-state index in [1.54, 1.807) is 13.8 Å². The van der Waals surface area contributed by atoms with Crippen molar-refractivity contribution < 1.29 is 14.3 Å². The van der Waals surface area contributed by atoms with Gasteiger partial charge in [0.25, 0.3) is 11.8 Å². The second-order valence-corrected chi connectivity index (χ2v) is 7.73. The number of hydrogen-bond donors (Lipinski definition) is 2. The van der Waals surface area contributed by atoms with Crippen LogP contribution in [0.15, 0.2) is 77.7 Å². The summed E-state index contributed by atoms with van der Waals surface area (Å²) >= 11 is 1.42. The van der Waals surface area contributed by atoms with Crippen molar-refractivity contribution in [1.82, 2.24) is 10.9 Å². The molecular formula is C22H22N2O3S. The second kappa shape index (κ2) is 9.28. The van der Waals surface area contributed by atoms with Crippen molar-refractivity contribution in [1.29, 1.82) is 0 Å². The van der Waals surface area contributed by atoms with Crippen LogP contribution in [0.3, 0.4) is 0 Å². The molecule has 0 aliphatic heterocycles. The smallest absolute Gasteiger partial charge is 0.279 e. The topological polar surface area (TPSA) is 67.4 Å². The quantitative estimate of drug-likeness (QED) is 0.491. The molecule has 2 unspecified atom stereocenters. The summed E-state index contributed by atoms with van der Waals surface area (Å²) in [6.45, 7) is 3.42. The molecule has 2 amide bonds. The minimum absolute atomic E-state index is 0.278. The molecule has 0 aliphatic rings. The Morgan fingerprint density at radius 1 is 0.821 bits per heavy atom. The van der Waals surface area contributed by atoms with E-state index in [1.807, 2.05) is 72.8 Å². The fourth-order valence-electron chi connectivity index (χ4n) is 2.58. The number of amides is 2. The first-order valence-electron chi connectivity index (χ1n) is 9.00. The van der Waals surface area contributed by atoms with E-state index in [4.69, 9.17) is 4.74 Å². The van der Waals surface area contributed by atoms with E-state index < -0.39 is 12.0 Å². The van der Waals surface area contributed by atoms with Gasteiger partial charge < -0.3 is 4.74 Å². The van der Waals surface area contributed by atoms with Gasteiger partial charge in [-0.2, -0.15) is 0 Å². The minimum Gasteiger partial charge on any atom is -0.481 e. The summed E-state index contributed by atoms with van der Waals surface area (Å²) in [6.07, 6.45) is -0.751. The molecule has 0 bridgehead atoms. The predicted octanol–water partition coefficient (Wildman–Crippen LogP) is 3.94. The Bertz CT molecular complexity index is 962. The second-order valence-electron chi connectivity index (χ2n) is 6.32. The molecule has 0 saturated carbocycles. The third-order valence-corrected chi connectivity index (χ3v) is 5.25. The van der Waals surface area contributed by atoms with E-state index in [-0.39, 0.29) is 11.2 Å². The molecule has 3 rings (SSSR count). The number of fused-ring (bicyclic) bond motifs is 1. The Morgan fingerprint density at radius 3 is 2.21 bits per heavy atom. The first-order valence-corrected chi connectivity index (χ1v) is 9.88. The molecule has 144 valence electrons. The van der Waals surface area contributed by atoms with E-state index in [0.29, 0.717) is 5.75 Å². The Labute approximate surface area is 168 Å². The van der Waals surface area contributed by atoms with Crippen molar-refractivity contribution in [3.8, 4) is 5.75 Å². The van der Waals surface area contributed by atoms with Crippen LogP contribution >= 0.6 is 11.8 Å². The maximum Gasteiger partial charge on any atom is 0.279 e. The summed E-state index contributed by atoms with van der Waals surface area (Å²) in [5.41, 5.74) is 4.89. The van der Waals surface area contributed by atoms with Gasteiger partial charge in [0.1, 0.15) is 5.75 Å². The van der Waals surface area contributed by atoms with Gasteiger partial charge in [-0.1, -0.05) is 48.5 Å². The summed E-state index contributed by atoms with van der Waals surface area (Å²) in [6, 6.07) is 23.2. The van der Waals surface area contributed by atoms with Gasteiger partial charge in [0, 0.05) is 4.90 Å². The highest BCUT2D eigenvalue weighted by molar-refractivity contribution is 8.00. The summed E-state index contributed by atoms with van der Waals surface area (Å²) in [5.74, 6) is -0.0980. The zero-order chi connectivity index (χ0) is 19.9. The maximum atomic E-state index is 12.2. The summed E-state index contributed by atoms with van der Waals surface area (Å²) < 4.78 is 5.70. The van der Waals surface area contributed by atoms with Crippen LogP contribution in [0.4, 0.5) is 0 Å². The standard InChI is InChI=1S/C22H22N2O3S/c1-15(27-19-13-12-17-8-6-7-9-18(17)14-19)21(25)23-24-22(26)16(2)28-20-10-4-3-5-11-20/h3-16H,1-2H3,(H,23,25)(H,24,26). The zero-order valence-corrected chi connectivity index (χ0v) is 16.5. The Hall–Kier alpha value is -2.99. The van der Waals surface area contributed by atoms with Crippen LogP contribution in [0.5, 0.6) is 5.75 Å². The van der Waals surface area contributed by atoms with Crippen LogP contribution < -0.4 is 15.6 Å². The molecule has 5 nitrogen and oxygen atoms in total. The van der Waals surface area contributed by atoms with Crippen LogP contribution in [-0.2, 0) is 9.59 Å². The molecule has 0 fully saturated rings. The number of nitrogens with one attached hydrogen (secondary N) is 2. The van der Waals surface area contributed by atoms with Crippen LogP contribution in [0, 0.1) is 0 Å². The molecule has 3 aromatic carbocycles. The normalized spacial score (nSPS) is 12.8. The third-order valence-electron chi connectivity index (χ3n) is 4.14. The first kappa shape index (κ1) is 19.8. The van der Waals surface area contributed by atoms with Gasteiger partial charge in [0.15, 0.2) is 6.10 Å². The number of rotatable bonds is 6. The lowest BCUT2D eigenvalue weighted by atomic mass is 10.1. The van der Waals surface area contributed by atoms with Crippen LogP contribution in [0.2, 0.25) is 0 Å². The summed E-state index contributed by atoms with van der Waals surface area (Å²) in [4.78, 5) is 25.4. The Morgan fingerprint density at radius 2 is 1.46 bits per heavy atom. The Kier molecular flexibility index (Phi) is 6.55. The lowest BCUT2D eigenvalue weighted by Gasteiger charge is -2.17. The predicted molar refractivity (Wildman–Crippen MR) is 112 cm³/mol. The van der Waals surface area contributed by atoms with Crippen LogP contribution in [-0.4, -0.2) is 23.2 Å². The Balaban J connectivity index is 1.49. The third kappa shape index (κ3) is 5.27. The number of carbonyl (C=O) groups is 2. The number of hydrogen-bond acceptors (Lipinski definition) is 4. The van der Waals surface area contributed by atoms with Gasteiger partial charge in [0.05, 0.1) is 5.25 Å². The largest absolute Gasteiger partial charge is 0.481 e. The first-order chi connectivity index (χ1) is 13.5.